The zero-order valence-electron chi connectivity index (χ0n) is 15.7. The molecule has 1 aromatic heterocycles. The highest BCUT2D eigenvalue weighted by Gasteiger charge is 2.28. The minimum absolute atomic E-state index is 0.0621. The fourth-order valence-electron chi connectivity index (χ4n) is 3.35. The number of rotatable bonds is 7. The highest BCUT2D eigenvalue weighted by Crippen LogP contribution is 2.33. The minimum atomic E-state index is -0.275. The van der Waals surface area contributed by atoms with Crippen molar-refractivity contribution in [2.24, 2.45) is 0 Å². The number of carbonyl (C=O) groups is 2. The molecular formula is C20H25N3O3S. The maximum Gasteiger partial charge on any atom is 0.243 e. The Bertz CT molecular complexity index is 792. The Morgan fingerprint density at radius 2 is 2.15 bits per heavy atom. The van der Waals surface area contributed by atoms with Crippen LogP contribution in [0.5, 0.6) is 5.75 Å². The lowest BCUT2D eigenvalue weighted by Crippen LogP contribution is -2.40. The number of hydrogen-bond donors (Lipinski definition) is 2. The standard InChI is InChI=1S/C20H25N3O3S/c1-14-7-8-17(26-2)15(11-14)22-19(24)12-21-20(25)13-23-9-3-5-16(23)18-6-4-10-27-18/h4,6-8,10-11,16H,3,5,9,12-13H2,1-2H3,(H,21,25)(H,22,24). The molecule has 7 heteroatoms. The molecule has 1 saturated heterocycles. The van der Waals surface area contributed by atoms with E-state index >= 15 is 0 Å². The number of likely N-dealkylation sites (tertiary alicyclic amines) is 1. The summed E-state index contributed by atoms with van der Waals surface area (Å²) >= 11 is 1.73. The van der Waals surface area contributed by atoms with Crippen LogP contribution in [0.4, 0.5) is 5.69 Å². The van der Waals surface area contributed by atoms with E-state index in [1.807, 2.05) is 31.2 Å². The summed E-state index contributed by atoms with van der Waals surface area (Å²) in [5.41, 5.74) is 1.62. The van der Waals surface area contributed by atoms with Crippen molar-refractivity contribution in [1.82, 2.24) is 10.2 Å². The molecule has 6 nitrogen and oxygen atoms in total. The maximum atomic E-state index is 12.3. The van der Waals surface area contributed by atoms with Gasteiger partial charge >= 0.3 is 0 Å². The molecule has 1 aliphatic heterocycles. The van der Waals surface area contributed by atoms with Crippen LogP contribution in [-0.4, -0.2) is 43.5 Å². The molecule has 1 fully saturated rings. The summed E-state index contributed by atoms with van der Waals surface area (Å²) < 4.78 is 5.25. The normalized spacial score (nSPS) is 16.9. The van der Waals surface area contributed by atoms with Crippen molar-refractivity contribution in [3.63, 3.8) is 0 Å². The lowest BCUT2D eigenvalue weighted by Gasteiger charge is -2.22. The first-order valence-corrected chi connectivity index (χ1v) is 9.93. The van der Waals surface area contributed by atoms with Gasteiger partial charge in [0.25, 0.3) is 0 Å². The largest absolute Gasteiger partial charge is 0.495 e. The summed E-state index contributed by atoms with van der Waals surface area (Å²) in [5, 5.41) is 7.57. The smallest absolute Gasteiger partial charge is 0.243 e. The highest BCUT2D eigenvalue weighted by molar-refractivity contribution is 7.10. The van der Waals surface area contributed by atoms with Gasteiger partial charge in [0.05, 0.1) is 25.9 Å². The van der Waals surface area contributed by atoms with E-state index < -0.39 is 0 Å². The lowest BCUT2D eigenvalue weighted by atomic mass is 10.2. The summed E-state index contributed by atoms with van der Waals surface area (Å²) in [6.45, 7) is 3.09. The fourth-order valence-corrected chi connectivity index (χ4v) is 4.25. The summed E-state index contributed by atoms with van der Waals surface area (Å²) in [5.74, 6) is 0.185. The first-order valence-electron chi connectivity index (χ1n) is 9.05. The van der Waals surface area contributed by atoms with Crippen molar-refractivity contribution in [2.75, 3.05) is 32.1 Å². The summed E-state index contributed by atoms with van der Waals surface area (Å²) in [4.78, 5) is 28.0. The topological polar surface area (TPSA) is 70.7 Å². The van der Waals surface area contributed by atoms with Gasteiger partial charge in [0.1, 0.15) is 5.75 Å². The van der Waals surface area contributed by atoms with Crippen LogP contribution in [0.2, 0.25) is 0 Å². The quantitative estimate of drug-likeness (QED) is 0.766. The first kappa shape index (κ1) is 19.4. The van der Waals surface area contributed by atoms with Crippen LogP contribution in [-0.2, 0) is 9.59 Å². The van der Waals surface area contributed by atoms with E-state index in [0.29, 0.717) is 24.0 Å². The van der Waals surface area contributed by atoms with Crippen molar-refractivity contribution < 1.29 is 14.3 Å². The van der Waals surface area contributed by atoms with Gasteiger partial charge in [-0.3, -0.25) is 14.5 Å². The Balaban J connectivity index is 1.49. The molecule has 2 aromatic rings. The number of nitrogens with zero attached hydrogens (tertiary/aromatic N) is 1. The number of amides is 2. The molecule has 1 aliphatic rings. The van der Waals surface area contributed by atoms with Crippen molar-refractivity contribution in [3.8, 4) is 5.75 Å². The van der Waals surface area contributed by atoms with Crippen molar-refractivity contribution >= 4 is 28.8 Å². The average Bonchev–Trinajstić information content (AvgIpc) is 3.31. The van der Waals surface area contributed by atoms with Gasteiger partial charge in [-0.15, -0.1) is 11.3 Å². The van der Waals surface area contributed by atoms with E-state index in [9.17, 15) is 9.59 Å². The van der Waals surface area contributed by atoms with E-state index in [1.54, 1.807) is 18.4 Å². The molecule has 0 aliphatic carbocycles. The minimum Gasteiger partial charge on any atom is -0.495 e. The zero-order valence-corrected chi connectivity index (χ0v) is 16.5. The molecule has 0 spiro atoms. The van der Waals surface area contributed by atoms with Gasteiger partial charge < -0.3 is 15.4 Å². The van der Waals surface area contributed by atoms with Crippen molar-refractivity contribution in [2.45, 2.75) is 25.8 Å². The maximum absolute atomic E-state index is 12.3. The average molecular weight is 388 g/mol. The predicted octanol–water partition coefficient (Wildman–Crippen LogP) is 2.96. The number of methoxy groups -OCH3 is 1. The summed E-state index contributed by atoms with van der Waals surface area (Å²) in [6.07, 6.45) is 2.16. The van der Waals surface area contributed by atoms with Gasteiger partial charge in [0.2, 0.25) is 11.8 Å². The highest BCUT2D eigenvalue weighted by atomic mass is 32.1. The number of carbonyl (C=O) groups excluding carboxylic acids is 2. The first-order chi connectivity index (χ1) is 13.1. The molecule has 0 radical (unpaired) electrons. The molecule has 0 bridgehead atoms. The molecule has 2 heterocycles. The third-order valence-electron chi connectivity index (χ3n) is 4.66. The molecule has 0 saturated carbocycles. The third-order valence-corrected chi connectivity index (χ3v) is 5.63. The number of thiophene rings is 1. The van der Waals surface area contributed by atoms with Gasteiger partial charge in [0, 0.05) is 10.9 Å². The predicted molar refractivity (Wildman–Crippen MR) is 107 cm³/mol. The van der Waals surface area contributed by atoms with Crippen LogP contribution < -0.4 is 15.4 Å². The van der Waals surface area contributed by atoms with E-state index in [2.05, 4.69) is 27.0 Å². The molecule has 27 heavy (non-hydrogen) atoms. The fraction of sp³-hybridized carbons (Fsp3) is 0.400. The van der Waals surface area contributed by atoms with Gasteiger partial charge in [-0.2, -0.15) is 0 Å². The van der Waals surface area contributed by atoms with Crippen molar-refractivity contribution in [1.29, 1.82) is 0 Å². The van der Waals surface area contributed by atoms with E-state index in [4.69, 9.17) is 4.74 Å². The Morgan fingerprint density at radius 3 is 2.89 bits per heavy atom. The van der Waals surface area contributed by atoms with E-state index in [-0.39, 0.29) is 18.4 Å². The lowest BCUT2D eigenvalue weighted by molar-refractivity contribution is -0.125. The second-order valence-electron chi connectivity index (χ2n) is 6.67. The molecule has 3 rings (SSSR count). The number of aryl methyl sites for hydroxylation is 1. The summed E-state index contributed by atoms with van der Waals surface area (Å²) in [6, 6.07) is 10.0. The van der Waals surface area contributed by atoms with Crippen molar-refractivity contribution in [3.05, 3.63) is 46.2 Å². The van der Waals surface area contributed by atoms with Crippen LogP contribution in [0.1, 0.15) is 29.3 Å². The van der Waals surface area contributed by atoms with Crippen LogP contribution in [0.3, 0.4) is 0 Å². The Morgan fingerprint density at radius 1 is 1.30 bits per heavy atom. The Hall–Kier alpha value is -2.38. The monoisotopic (exact) mass is 387 g/mol. The van der Waals surface area contributed by atoms with Gasteiger partial charge in [-0.1, -0.05) is 12.1 Å². The Kier molecular flexibility index (Phi) is 6.47. The second-order valence-corrected chi connectivity index (χ2v) is 7.65. The van der Waals surface area contributed by atoms with E-state index in [0.717, 1.165) is 24.9 Å². The second kappa shape index (κ2) is 9.01. The molecule has 1 aromatic carbocycles. The SMILES string of the molecule is COc1ccc(C)cc1NC(=O)CNC(=O)CN1CCCC1c1cccs1. The number of anilines is 1. The molecule has 144 valence electrons. The molecule has 1 atom stereocenters. The van der Waals surface area contributed by atoms with Gasteiger partial charge in [0.15, 0.2) is 0 Å². The van der Waals surface area contributed by atoms with Gasteiger partial charge in [-0.25, -0.2) is 0 Å². The van der Waals surface area contributed by atoms with Crippen LogP contribution in [0.15, 0.2) is 35.7 Å². The number of benzene rings is 1. The zero-order chi connectivity index (χ0) is 19.2. The third kappa shape index (κ3) is 5.08. The van der Waals surface area contributed by atoms with Crippen LogP contribution in [0, 0.1) is 6.92 Å². The number of nitrogens with one attached hydrogen (secondary N) is 2. The molecular weight excluding hydrogens is 362 g/mol. The number of ether oxygens (including phenoxy) is 1. The Labute approximate surface area is 163 Å². The summed E-state index contributed by atoms with van der Waals surface area (Å²) in [7, 11) is 1.56. The van der Waals surface area contributed by atoms with Gasteiger partial charge in [-0.05, 0) is 55.5 Å². The van der Waals surface area contributed by atoms with Crippen LogP contribution in [0.25, 0.3) is 0 Å². The molecule has 1 unspecified atom stereocenters. The molecule has 2 N–H and O–H groups in total. The number of hydrogen-bond acceptors (Lipinski definition) is 5. The van der Waals surface area contributed by atoms with E-state index in [1.165, 1.54) is 4.88 Å². The van der Waals surface area contributed by atoms with Crippen LogP contribution >= 0.6 is 11.3 Å². The molecule has 2 amide bonds.